The minimum atomic E-state index is 0.357. The Bertz CT molecular complexity index is 195. The molecular weight excluding hydrogens is 150 g/mol. The van der Waals surface area contributed by atoms with Gasteiger partial charge in [0, 0.05) is 13.2 Å². The summed E-state index contributed by atoms with van der Waals surface area (Å²) < 4.78 is 0. The summed E-state index contributed by atoms with van der Waals surface area (Å²) in [4.78, 5) is 7.98. The Hall–Kier alpha value is -0.830. The van der Waals surface area contributed by atoms with Crippen molar-refractivity contribution in [3.05, 3.63) is 18.1 Å². The van der Waals surface area contributed by atoms with E-state index in [1.54, 1.807) is 19.3 Å². The number of rotatable bonds is 2. The molecule has 0 radical (unpaired) electrons. The summed E-state index contributed by atoms with van der Waals surface area (Å²) in [6, 6.07) is 1.79. The second-order valence-corrected chi connectivity index (χ2v) is 2.01. The van der Waals surface area contributed by atoms with Crippen LogP contribution >= 0.6 is 11.6 Å². The second kappa shape index (κ2) is 3.37. The summed E-state index contributed by atoms with van der Waals surface area (Å²) in [7, 11) is 1.81. The predicted octanol–water partition coefficient (Wildman–Crippen LogP) is 1.26. The first kappa shape index (κ1) is 7.28. The van der Waals surface area contributed by atoms with E-state index in [1.165, 1.54) is 0 Å². The van der Waals surface area contributed by atoms with E-state index in [0.29, 0.717) is 11.7 Å². The molecule has 0 bridgehead atoms. The van der Waals surface area contributed by atoms with Crippen molar-refractivity contribution in [1.29, 1.82) is 0 Å². The van der Waals surface area contributed by atoms with Crippen LogP contribution in [0, 0.1) is 0 Å². The lowest BCUT2D eigenvalue weighted by atomic mass is 10.5. The molecule has 1 N–H and O–H groups in total. The van der Waals surface area contributed by atoms with Crippen LogP contribution in [0.15, 0.2) is 12.3 Å². The molecule has 0 aromatic carbocycles. The molecule has 10 heavy (non-hydrogen) atoms. The van der Waals surface area contributed by atoms with Crippen LogP contribution in [0.4, 0.5) is 5.82 Å². The first-order valence-corrected chi connectivity index (χ1v) is 3.46. The van der Waals surface area contributed by atoms with Crippen molar-refractivity contribution in [2.45, 2.75) is 5.88 Å². The van der Waals surface area contributed by atoms with Crippen LogP contribution in [-0.4, -0.2) is 17.0 Å². The van der Waals surface area contributed by atoms with E-state index in [1.807, 2.05) is 0 Å². The molecule has 0 saturated carbocycles. The van der Waals surface area contributed by atoms with E-state index in [9.17, 15) is 0 Å². The average Bonchev–Trinajstić information content (AvgIpc) is 2.05. The Morgan fingerprint density at radius 2 is 2.50 bits per heavy atom. The Morgan fingerprint density at radius 1 is 1.70 bits per heavy atom. The van der Waals surface area contributed by atoms with Crippen LogP contribution in [0.5, 0.6) is 0 Å². The van der Waals surface area contributed by atoms with Crippen molar-refractivity contribution in [3.8, 4) is 0 Å². The summed E-state index contributed by atoms with van der Waals surface area (Å²) in [5.74, 6) is 1.80. The molecular formula is C6H8ClN3. The smallest absolute Gasteiger partial charge is 0.145 e. The zero-order chi connectivity index (χ0) is 7.40. The van der Waals surface area contributed by atoms with Gasteiger partial charge in [0.15, 0.2) is 0 Å². The molecule has 54 valence electrons. The molecule has 1 aromatic heterocycles. The topological polar surface area (TPSA) is 37.8 Å². The highest BCUT2D eigenvalue weighted by Gasteiger charge is 1.93. The van der Waals surface area contributed by atoms with Gasteiger partial charge in [0.1, 0.15) is 11.6 Å². The molecule has 1 heterocycles. The van der Waals surface area contributed by atoms with Gasteiger partial charge in [0.25, 0.3) is 0 Å². The Balaban J connectivity index is 2.87. The van der Waals surface area contributed by atoms with Gasteiger partial charge in [-0.3, -0.25) is 0 Å². The molecule has 0 spiro atoms. The highest BCUT2D eigenvalue weighted by Crippen LogP contribution is 2.01. The Labute approximate surface area is 64.5 Å². The SMILES string of the molecule is CNc1ccnc(CCl)n1. The normalized spacial score (nSPS) is 9.40. The minimum absolute atomic E-state index is 0.357. The number of nitrogens with one attached hydrogen (secondary N) is 1. The number of nitrogens with zero attached hydrogens (tertiary/aromatic N) is 2. The quantitative estimate of drug-likeness (QED) is 0.657. The standard InChI is InChI=1S/C6H8ClN3/c1-8-5-2-3-9-6(4-7)10-5/h2-3H,4H2,1H3,(H,8,9,10). The number of hydrogen-bond acceptors (Lipinski definition) is 3. The van der Waals surface area contributed by atoms with E-state index in [2.05, 4.69) is 15.3 Å². The molecule has 4 heteroatoms. The second-order valence-electron chi connectivity index (χ2n) is 1.74. The average molecular weight is 158 g/mol. The highest BCUT2D eigenvalue weighted by molar-refractivity contribution is 6.16. The van der Waals surface area contributed by atoms with Crippen LogP contribution in [0.1, 0.15) is 5.82 Å². The largest absolute Gasteiger partial charge is 0.373 e. The maximum atomic E-state index is 5.50. The summed E-state index contributed by atoms with van der Waals surface area (Å²) >= 11 is 5.50. The van der Waals surface area contributed by atoms with Gasteiger partial charge >= 0.3 is 0 Å². The van der Waals surface area contributed by atoms with E-state index in [4.69, 9.17) is 11.6 Å². The van der Waals surface area contributed by atoms with Crippen LogP contribution in [0.2, 0.25) is 0 Å². The van der Waals surface area contributed by atoms with E-state index in [-0.39, 0.29) is 0 Å². The van der Waals surface area contributed by atoms with Gasteiger partial charge in [-0.1, -0.05) is 0 Å². The van der Waals surface area contributed by atoms with Crippen molar-refractivity contribution in [1.82, 2.24) is 9.97 Å². The fraction of sp³-hybridized carbons (Fsp3) is 0.333. The third kappa shape index (κ3) is 1.57. The fourth-order valence-corrected chi connectivity index (χ4v) is 0.731. The monoisotopic (exact) mass is 157 g/mol. The van der Waals surface area contributed by atoms with Gasteiger partial charge in [-0.2, -0.15) is 0 Å². The lowest BCUT2D eigenvalue weighted by Gasteiger charge is -1.98. The number of alkyl halides is 1. The number of halogens is 1. The van der Waals surface area contributed by atoms with Gasteiger partial charge < -0.3 is 5.32 Å². The minimum Gasteiger partial charge on any atom is -0.373 e. The van der Waals surface area contributed by atoms with E-state index >= 15 is 0 Å². The molecule has 0 aliphatic rings. The molecule has 3 nitrogen and oxygen atoms in total. The summed E-state index contributed by atoms with van der Waals surface area (Å²) in [5.41, 5.74) is 0. The molecule has 1 rings (SSSR count). The van der Waals surface area contributed by atoms with Gasteiger partial charge in [-0.15, -0.1) is 11.6 Å². The highest BCUT2D eigenvalue weighted by atomic mass is 35.5. The molecule has 0 aliphatic carbocycles. The zero-order valence-corrected chi connectivity index (χ0v) is 6.39. The Morgan fingerprint density at radius 3 is 3.10 bits per heavy atom. The number of aromatic nitrogens is 2. The Kier molecular flexibility index (Phi) is 2.45. The van der Waals surface area contributed by atoms with E-state index < -0.39 is 0 Å². The first-order valence-electron chi connectivity index (χ1n) is 2.92. The third-order valence-corrected chi connectivity index (χ3v) is 1.32. The molecule has 0 fully saturated rings. The van der Waals surface area contributed by atoms with Gasteiger partial charge in [0.05, 0.1) is 5.88 Å². The number of hydrogen-bond donors (Lipinski definition) is 1. The van der Waals surface area contributed by atoms with Crippen molar-refractivity contribution >= 4 is 17.4 Å². The van der Waals surface area contributed by atoms with E-state index in [0.717, 1.165) is 5.82 Å². The van der Waals surface area contributed by atoms with Crippen molar-refractivity contribution in [3.63, 3.8) is 0 Å². The lowest BCUT2D eigenvalue weighted by Crippen LogP contribution is -1.96. The predicted molar refractivity (Wildman–Crippen MR) is 41.1 cm³/mol. The molecule has 0 aliphatic heterocycles. The first-order chi connectivity index (χ1) is 4.86. The summed E-state index contributed by atoms with van der Waals surface area (Å²) in [6.45, 7) is 0. The summed E-state index contributed by atoms with van der Waals surface area (Å²) in [6.07, 6.45) is 1.68. The molecule has 0 unspecified atom stereocenters. The molecule has 0 atom stereocenters. The lowest BCUT2D eigenvalue weighted by molar-refractivity contribution is 1.03. The van der Waals surface area contributed by atoms with Crippen molar-refractivity contribution in [2.75, 3.05) is 12.4 Å². The van der Waals surface area contributed by atoms with Crippen LogP contribution in [0.25, 0.3) is 0 Å². The van der Waals surface area contributed by atoms with Crippen molar-refractivity contribution in [2.24, 2.45) is 0 Å². The summed E-state index contributed by atoms with van der Waals surface area (Å²) in [5, 5.41) is 2.89. The van der Waals surface area contributed by atoms with Crippen LogP contribution in [0.3, 0.4) is 0 Å². The third-order valence-electron chi connectivity index (χ3n) is 1.08. The zero-order valence-electron chi connectivity index (χ0n) is 5.63. The molecule has 1 aromatic rings. The fourth-order valence-electron chi connectivity index (χ4n) is 0.603. The molecule has 0 saturated heterocycles. The molecule has 0 amide bonds. The maximum absolute atomic E-state index is 5.50. The number of anilines is 1. The van der Waals surface area contributed by atoms with Crippen molar-refractivity contribution < 1.29 is 0 Å². The van der Waals surface area contributed by atoms with Gasteiger partial charge in [0.2, 0.25) is 0 Å². The maximum Gasteiger partial charge on any atom is 0.145 e. The van der Waals surface area contributed by atoms with Crippen LogP contribution < -0.4 is 5.32 Å². The van der Waals surface area contributed by atoms with Crippen LogP contribution in [-0.2, 0) is 5.88 Å². The van der Waals surface area contributed by atoms with Gasteiger partial charge in [-0.05, 0) is 6.07 Å². The van der Waals surface area contributed by atoms with Gasteiger partial charge in [-0.25, -0.2) is 9.97 Å².